The predicted molar refractivity (Wildman–Crippen MR) is 79.3 cm³/mol. The summed E-state index contributed by atoms with van der Waals surface area (Å²) in [6, 6.07) is 7.76. The van der Waals surface area contributed by atoms with E-state index in [2.05, 4.69) is 6.58 Å². The Hall–Kier alpha value is -2.03. The molecule has 0 radical (unpaired) electrons. The number of rotatable bonds is 3. The molecule has 1 rings (SSSR count). The molecule has 0 aliphatic heterocycles. The molecule has 3 heteroatoms. The molecule has 0 atom stereocenters. The van der Waals surface area contributed by atoms with E-state index in [9.17, 15) is 4.79 Å². The van der Waals surface area contributed by atoms with Gasteiger partial charge in [0.15, 0.2) is 0 Å². The van der Waals surface area contributed by atoms with E-state index in [0.717, 1.165) is 11.3 Å². The Morgan fingerprint density at radius 2 is 1.79 bits per heavy atom. The molecule has 19 heavy (non-hydrogen) atoms. The summed E-state index contributed by atoms with van der Waals surface area (Å²) in [5.41, 5.74) is 1.08. The first-order valence-corrected chi connectivity index (χ1v) is 5.97. The Balaban J connectivity index is 0.000000344. The Morgan fingerprint density at radius 3 is 2.05 bits per heavy atom. The number of hydrogen-bond donors (Lipinski definition) is 1. The van der Waals surface area contributed by atoms with Crippen molar-refractivity contribution >= 4 is 12.0 Å². The molecule has 104 valence electrons. The van der Waals surface area contributed by atoms with Crippen LogP contribution < -0.4 is 4.74 Å². The molecule has 0 saturated carbocycles. The standard InChI is InChI=1S/C9H10O.C7H12O2/c1-3-8-4-6-9(10-2)7-5-8;1-7(2,3)5-4-6(8)9/h3-7H,1H2,2H3;4-5H,1-3H3,(H,8,9). The maximum Gasteiger partial charge on any atom is 0.327 e. The summed E-state index contributed by atoms with van der Waals surface area (Å²) in [6.45, 7) is 9.50. The second-order valence-corrected chi connectivity index (χ2v) is 5.01. The fourth-order valence-corrected chi connectivity index (χ4v) is 1.06. The third-order valence-corrected chi connectivity index (χ3v) is 2.08. The number of hydrogen-bond acceptors (Lipinski definition) is 2. The number of benzene rings is 1. The Labute approximate surface area is 115 Å². The lowest BCUT2D eigenvalue weighted by atomic mass is 9.96. The zero-order valence-corrected chi connectivity index (χ0v) is 12.0. The van der Waals surface area contributed by atoms with Crippen LogP contribution in [0.4, 0.5) is 0 Å². The molecule has 0 aliphatic carbocycles. The van der Waals surface area contributed by atoms with Crippen molar-refractivity contribution in [3.8, 4) is 5.75 Å². The molecule has 0 aromatic heterocycles. The van der Waals surface area contributed by atoms with Gasteiger partial charge in [-0.05, 0) is 23.1 Å². The second kappa shape index (κ2) is 8.14. The highest BCUT2D eigenvalue weighted by Crippen LogP contribution is 2.13. The van der Waals surface area contributed by atoms with Crippen LogP contribution in [-0.2, 0) is 4.79 Å². The zero-order chi connectivity index (χ0) is 14.9. The van der Waals surface area contributed by atoms with E-state index in [-0.39, 0.29) is 5.41 Å². The fourth-order valence-electron chi connectivity index (χ4n) is 1.06. The van der Waals surface area contributed by atoms with Gasteiger partial charge in [0.1, 0.15) is 5.75 Å². The quantitative estimate of drug-likeness (QED) is 0.837. The van der Waals surface area contributed by atoms with E-state index >= 15 is 0 Å². The van der Waals surface area contributed by atoms with E-state index in [0.29, 0.717) is 0 Å². The Morgan fingerprint density at radius 1 is 1.26 bits per heavy atom. The number of carboxylic acid groups (broad SMARTS) is 1. The highest BCUT2D eigenvalue weighted by Gasteiger charge is 2.03. The van der Waals surface area contributed by atoms with Gasteiger partial charge in [0.05, 0.1) is 7.11 Å². The molecular formula is C16H22O3. The summed E-state index contributed by atoms with van der Waals surface area (Å²) in [5.74, 6) is -0.00414. The van der Waals surface area contributed by atoms with E-state index in [1.54, 1.807) is 19.3 Å². The maximum atomic E-state index is 9.96. The molecule has 1 N–H and O–H groups in total. The van der Waals surface area contributed by atoms with Crippen LogP contribution in [0.5, 0.6) is 5.75 Å². The normalized spacial score (nSPS) is 10.5. The first-order valence-electron chi connectivity index (χ1n) is 5.97. The van der Waals surface area contributed by atoms with Gasteiger partial charge in [-0.25, -0.2) is 4.79 Å². The van der Waals surface area contributed by atoms with Gasteiger partial charge in [0, 0.05) is 6.08 Å². The van der Waals surface area contributed by atoms with Crippen LogP contribution in [0.25, 0.3) is 6.08 Å². The molecule has 0 saturated heterocycles. The summed E-state index contributed by atoms with van der Waals surface area (Å²) in [4.78, 5) is 9.96. The third-order valence-electron chi connectivity index (χ3n) is 2.08. The van der Waals surface area contributed by atoms with Crippen molar-refractivity contribution in [3.05, 3.63) is 48.6 Å². The van der Waals surface area contributed by atoms with E-state index in [1.807, 2.05) is 45.0 Å². The molecular weight excluding hydrogens is 240 g/mol. The van der Waals surface area contributed by atoms with Crippen molar-refractivity contribution < 1.29 is 14.6 Å². The molecule has 1 aromatic rings. The monoisotopic (exact) mass is 262 g/mol. The second-order valence-electron chi connectivity index (χ2n) is 5.01. The Bertz CT molecular complexity index is 422. The van der Waals surface area contributed by atoms with Crippen LogP contribution in [0.1, 0.15) is 26.3 Å². The summed E-state index contributed by atoms with van der Waals surface area (Å²) in [5, 5.41) is 8.19. The highest BCUT2D eigenvalue weighted by atomic mass is 16.5. The minimum Gasteiger partial charge on any atom is -0.497 e. The SMILES string of the molecule is C=Cc1ccc(OC)cc1.CC(C)(C)C=CC(=O)O. The largest absolute Gasteiger partial charge is 0.497 e. The van der Waals surface area contributed by atoms with Crippen LogP contribution in [-0.4, -0.2) is 18.2 Å². The molecule has 0 unspecified atom stereocenters. The predicted octanol–water partition coefficient (Wildman–Crippen LogP) is 4.01. The lowest BCUT2D eigenvalue weighted by Gasteiger charge is -2.09. The molecule has 0 spiro atoms. The van der Waals surface area contributed by atoms with E-state index in [1.165, 1.54) is 6.08 Å². The third kappa shape index (κ3) is 9.65. The van der Waals surface area contributed by atoms with Gasteiger partial charge in [-0.15, -0.1) is 0 Å². The Kier molecular flexibility index (Phi) is 7.27. The number of methoxy groups -OCH3 is 1. The van der Waals surface area contributed by atoms with Gasteiger partial charge in [-0.2, -0.15) is 0 Å². The summed E-state index contributed by atoms with van der Waals surface area (Å²) < 4.78 is 4.98. The van der Waals surface area contributed by atoms with Gasteiger partial charge in [-0.3, -0.25) is 0 Å². The van der Waals surface area contributed by atoms with Gasteiger partial charge < -0.3 is 9.84 Å². The van der Waals surface area contributed by atoms with Gasteiger partial charge >= 0.3 is 5.97 Å². The summed E-state index contributed by atoms with van der Waals surface area (Å²) in [6.07, 6.45) is 4.63. The molecule has 3 nitrogen and oxygen atoms in total. The van der Waals surface area contributed by atoms with Crippen molar-refractivity contribution in [1.82, 2.24) is 0 Å². The van der Waals surface area contributed by atoms with Crippen molar-refractivity contribution in [1.29, 1.82) is 0 Å². The molecule has 0 bridgehead atoms. The lowest BCUT2D eigenvalue weighted by molar-refractivity contribution is -0.131. The van der Waals surface area contributed by atoms with Crippen LogP contribution >= 0.6 is 0 Å². The first kappa shape index (κ1) is 17.0. The first-order chi connectivity index (χ1) is 8.78. The molecule has 0 heterocycles. The summed E-state index contributed by atoms with van der Waals surface area (Å²) in [7, 11) is 1.66. The average Bonchev–Trinajstić information content (AvgIpc) is 2.36. The van der Waals surface area contributed by atoms with Gasteiger partial charge in [-0.1, -0.05) is 51.6 Å². The molecule has 1 aromatic carbocycles. The molecule has 0 amide bonds. The topological polar surface area (TPSA) is 46.5 Å². The van der Waals surface area contributed by atoms with Crippen LogP contribution in [0.3, 0.4) is 0 Å². The van der Waals surface area contributed by atoms with Gasteiger partial charge in [0.25, 0.3) is 0 Å². The molecule has 0 fully saturated rings. The number of aliphatic carboxylic acids is 1. The van der Waals surface area contributed by atoms with E-state index in [4.69, 9.17) is 9.84 Å². The van der Waals surface area contributed by atoms with Crippen LogP contribution in [0, 0.1) is 5.41 Å². The average molecular weight is 262 g/mol. The number of ether oxygens (including phenoxy) is 1. The van der Waals surface area contributed by atoms with Crippen molar-refractivity contribution in [2.45, 2.75) is 20.8 Å². The van der Waals surface area contributed by atoms with Crippen LogP contribution in [0.15, 0.2) is 43.0 Å². The lowest BCUT2D eigenvalue weighted by Crippen LogP contribution is -2.00. The number of allylic oxidation sites excluding steroid dienone is 1. The van der Waals surface area contributed by atoms with Crippen molar-refractivity contribution in [3.63, 3.8) is 0 Å². The number of carbonyl (C=O) groups is 1. The van der Waals surface area contributed by atoms with Crippen LogP contribution in [0.2, 0.25) is 0 Å². The fraction of sp³-hybridized carbons (Fsp3) is 0.312. The highest BCUT2D eigenvalue weighted by molar-refractivity contribution is 5.79. The smallest absolute Gasteiger partial charge is 0.327 e. The van der Waals surface area contributed by atoms with Crippen molar-refractivity contribution in [2.24, 2.45) is 5.41 Å². The zero-order valence-electron chi connectivity index (χ0n) is 12.0. The van der Waals surface area contributed by atoms with E-state index < -0.39 is 5.97 Å². The maximum absolute atomic E-state index is 9.96. The summed E-state index contributed by atoms with van der Waals surface area (Å²) >= 11 is 0. The minimum atomic E-state index is -0.884. The minimum absolute atomic E-state index is 0.0294. The van der Waals surface area contributed by atoms with Gasteiger partial charge in [0.2, 0.25) is 0 Å². The number of carboxylic acids is 1. The van der Waals surface area contributed by atoms with Crippen molar-refractivity contribution in [2.75, 3.05) is 7.11 Å². The molecule has 0 aliphatic rings.